The number of unbranched alkanes of at least 4 members (excludes halogenated alkanes) is 1. The van der Waals surface area contributed by atoms with Gasteiger partial charge in [-0.1, -0.05) is 76.0 Å². The van der Waals surface area contributed by atoms with Crippen molar-refractivity contribution in [1.29, 1.82) is 0 Å². The van der Waals surface area contributed by atoms with Crippen LogP contribution >= 0.6 is 11.6 Å². The average molecular weight is 727 g/mol. The number of hydrogen-bond acceptors (Lipinski definition) is 4. The number of hydrogen-bond donors (Lipinski definition) is 2. The van der Waals surface area contributed by atoms with Gasteiger partial charge in [0.05, 0.1) is 22.5 Å². The third kappa shape index (κ3) is 7.82. The second kappa shape index (κ2) is 16.2. The number of carbonyl (C=O) groups excluding carboxylic acids is 1. The first-order valence-corrected chi connectivity index (χ1v) is 20.9. The highest BCUT2D eigenvalue weighted by molar-refractivity contribution is 6.31. The number of aryl methyl sites for hydroxylation is 2. The topological polar surface area (TPSA) is 79.3 Å². The Morgan fingerprint density at radius 1 is 0.981 bits per heavy atom. The lowest BCUT2D eigenvalue weighted by atomic mass is 9.44. The van der Waals surface area contributed by atoms with Gasteiger partial charge in [-0.2, -0.15) is 0 Å². The first-order valence-electron chi connectivity index (χ1n) is 20.5. The van der Waals surface area contributed by atoms with E-state index in [1.54, 1.807) is 6.92 Å². The number of carbonyl (C=O) groups is 2. The van der Waals surface area contributed by atoms with Crippen LogP contribution in [0.3, 0.4) is 0 Å². The summed E-state index contributed by atoms with van der Waals surface area (Å²) in [5.74, 6) is 4.98. The summed E-state index contributed by atoms with van der Waals surface area (Å²) in [6, 6.07) is 14.6. The summed E-state index contributed by atoms with van der Waals surface area (Å²) in [6.07, 6.45) is 17.7. The number of pyridine rings is 1. The van der Waals surface area contributed by atoms with E-state index >= 15 is 0 Å². The highest BCUT2D eigenvalue weighted by atomic mass is 35.5. The van der Waals surface area contributed by atoms with Crippen molar-refractivity contribution < 1.29 is 14.7 Å². The van der Waals surface area contributed by atoms with Gasteiger partial charge >= 0.3 is 5.97 Å². The lowest BCUT2D eigenvalue weighted by molar-refractivity contribution is -0.137. The van der Waals surface area contributed by atoms with Crippen molar-refractivity contribution in [2.45, 2.75) is 138 Å². The summed E-state index contributed by atoms with van der Waals surface area (Å²) in [7, 11) is 0. The highest BCUT2D eigenvalue weighted by Crippen LogP contribution is 2.67. The summed E-state index contributed by atoms with van der Waals surface area (Å²) in [5.41, 5.74) is 6.76. The Morgan fingerprint density at radius 3 is 2.44 bits per heavy atom. The summed E-state index contributed by atoms with van der Waals surface area (Å²) < 4.78 is 0. The Hall–Kier alpha value is -2.92. The van der Waals surface area contributed by atoms with Gasteiger partial charge in [0, 0.05) is 23.4 Å². The number of rotatable bonds is 10. The number of aromatic nitrogens is 1. The van der Waals surface area contributed by atoms with E-state index in [-0.39, 0.29) is 5.78 Å². The zero-order chi connectivity index (χ0) is 37.2. The maximum Gasteiger partial charge on any atom is 0.303 e. The number of benzene rings is 2. The van der Waals surface area contributed by atoms with Gasteiger partial charge in [-0.15, -0.1) is 0 Å². The van der Waals surface area contributed by atoms with Crippen molar-refractivity contribution >= 4 is 39.9 Å². The standard InChI is InChI=1S/C41H53ClN2O.C5H10O2/c1-25-10-17-34-32-16-15-31-22-29(18-20-41(31,5)35(32)19-21-40(25,34)4)12-11-28-13-14-30(36(42)23-28)24-43-39-33-8-6-7-9-37(33)44-26(2)38(39)27(3)45;1-2-3-4-5(6)7/h6-9,13-14,23,25,29,31-32,34-35H,10-12,15-22,24H2,1-5H3,(H,43,44);2-4H2,1H3,(H,6,7). The molecule has 282 valence electrons. The molecule has 0 amide bonds. The van der Waals surface area contributed by atoms with E-state index in [4.69, 9.17) is 16.7 Å². The monoisotopic (exact) mass is 726 g/mol. The lowest BCUT2D eigenvalue weighted by Crippen LogP contribution is -2.53. The molecule has 0 spiro atoms. The second-order valence-electron chi connectivity index (χ2n) is 17.7. The number of anilines is 1. The Kier molecular flexibility index (Phi) is 12.1. The molecule has 7 rings (SSSR count). The molecular formula is C46H63ClN2O3. The Labute approximate surface area is 318 Å². The van der Waals surface area contributed by atoms with E-state index in [0.717, 1.165) is 87.6 Å². The number of nitrogens with one attached hydrogen (secondary N) is 1. The molecule has 2 N–H and O–H groups in total. The number of ketones is 1. The molecule has 0 radical (unpaired) electrons. The third-order valence-corrected chi connectivity index (χ3v) is 15.2. The van der Waals surface area contributed by atoms with Crippen molar-refractivity contribution in [1.82, 2.24) is 4.98 Å². The van der Waals surface area contributed by atoms with Crippen LogP contribution in [0, 0.1) is 53.3 Å². The van der Waals surface area contributed by atoms with E-state index < -0.39 is 5.97 Å². The minimum atomic E-state index is -0.693. The molecule has 0 aliphatic heterocycles. The first kappa shape index (κ1) is 38.8. The summed E-state index contributed by atoms with van der Waals surface area (Å²) >= 11 is 6.88. The molecule has 3 aromatic rings. The fourth-order valence-electron chi connectivity index (χ4n) is 11.6. The summed E-state index contributed by atoms with van der Waals surface area (Å²) in [5, 5.41) is 13.4. The normalized spacial score (nSPS) is 30.8. The van der Waals surface area contributed by atoms with Crippen molar-refractivity contribution in [3.05, 3.63) is 69.9 Å². The Morgan fingerprint density at radius 2 is 1.73 bits per heavy atom. The minimum absolute atomic E-state index is 0.0240. The predicted octanol–water partition coefficient (Wildman–Crippen LogP) is 12.5. The lowest BCUT2D eigenvalue weighted by Gasteiger charge is -2.61. The summed E-state index contributed by atoms with van der Waals surface area (Å²) in [4.78, 5) is 27.0. The fourth-order valence-corrected chi connectivity index (χ4v) is 11.9. The number of halogens is 1. The molecule has 52 heavy (non-hydrogen) atoms. The predicted molar refractivity (Wildman–Crippen MR) is 215 cm³/mol. The maximum absolute atomic E-state index is 12.6. The number of carboxylic acid groups (broad SMARTS) is 1. The van der Waals surface area contributed by atoms with Gasteiger partial charge in [-0.05, 0) is 160 Å². The highest BCUT2D eigenvalue weighted by Gasteiger charge is 2.59. The Balaban J connectivity index is 0.000000604. The number of aliphatic carboxylic acids is 1. The molecule has 1 heterocycles. The van der Waals surface area contributed by atoms with Crippen molar-refractivity contribution in [2.75, 3.05) is 5.32 Å². The molecule has 0 saturated heterocycles. The third-order valence-electron chi connectivity index (χ3n) is 14.8. The van der Waals surface area contributed by atoms with E-state index in [2.05, 4.69) is 49.3 Å². The van der Waals surface area contributed by atoms with Crippen LogP contribution in [0.1, 0.15) is 145 Å². The molecule has 6 heteroatoms. The Bertz CT molecular complexity index is 1750. The number of carboxylic acids is 1. The van der Waals surface area contributed by atoms with Gasteiger partial charge < -0.3 is 10.4 Å². The molecule has 2 aromatic carbocycles. The molecule has 1 aromatic heterocycles. The largest absolute Gasteiger partial charge is 0.481 e. The van der Waals surface area contributed by atoms with Crippen LogP contribution in [-0.4, -0.2) is 21.8 Å². The molecule has 4 aliphatic rings. The van der Waals surface area contributed by atoms with Crippen LogP contribution in [0.4, 0.5) is 5.69 Å². The molecule has 4 fully saturated rings. The number of fused-ring (bicyclic) bond motifs is 6. The van der Waals surface area contributed by atoms with Gasteiger partial charge in [0.25, 0.3) is 0 Å². The number of nitrogens with zero attached hydrogens (tertiary/aromatic N) is 1. The van der Waals surface area contributed by atoms with Crippen molar-refractivity contribution in [3.63, 3.8) is 0 Å². The summed E-state index contributed by atoms with van der Waals surface area (Å²) in [6.45, 7) is 14.0. The zero-order valence-corrected chi connectivity index (χ0v) is 33.5. The van der Waals surface area contributed by atoms with Gasteiger partial charge in [0.15, 0.2) is 5.78 Å². The zero-order valence-electron chi connectivity index (χ0n) is 32.7. The van der Waals surface area contributed by atoms with Gasteiger partial charge in [0.2, 0.25) is 0 Å². The van der Waals surface area contributed by atoms with Crippen LogP contribution in [0.25, 0.3) is 10.9 Å². The molecule has 8 atom stereocenters. The van der Waals surface area contributed by atoms with E-state index in [1.807, 2.05) is 38.1 Å². The molecule has 0 bridgehead atoms. The molecule has 4 saturated carbocycles. The van der Waals surface area contributed by atoms with E-state index in [0.29, 0.717) is 29.4 Å². The maximum atomic E-state index is 12.6. The van der Waals surface area contributed by atoms with E-state index in [9.17, 15) is 9.59 Å². The van der Waals surface area contributed by atoms with Gasteiger partial charge in [0.1, 0.15) is 0 Å². The number of para-hydroxylation sites is 1. The van der Waals surface area contributed by atoms with Crippen molar-refractivity contribution in [2.24, 2.45) is 46.3 Å². The van der Waals surface area contributed by atoms with Gasteiger partial charge in [-0.25, -0.2) is 0 Å². The molecule has 5 nitrogen and oxygen atoms in total. The van der Waals surface area contributed by atoms with Crippen LogP contribution < -0.4 is 5.32 Å². The van der Waals surface area contributed by atoms with Crippen LogP contribution in [0.2, 0.25) is 5.02 Å². The molecular weight excluding hydrogens is 664 g/mol. The van der Waals surface area contributed by atoms with Gasteiger partial charge in [-0.3, -0.25) is 14.6 Å². The van der Waals surface area contributed by atoms with Crippen LogP contribution in [0.5, 0.6) is 0 Å². The van der Waals surface area contributed by atoms with E-state index in [1.165, 1.54) is 69.8 Å². The SMILES string of the molecule is CC(=O)c1c(C)nc2ccccc2c1NCc1ccc(CCC2CCC3(C)C(CCC4C5CCC(C)C5(C)CCC43)C2)cc1Cl.CCCCC(=O)O. The quantitative estimate of drug-likeness (QED) is 0.203. The van der Waals surface area contributed by atoms with Crippen LogP contribution in [0.15, 0.2) is 42.5 Å². The molecule has 8 unspecified atom stereocenters. The average Bonchev–Trinajstić information content (AvgIpc) is 3.42. The molecule has 4 aliphatic carbocycles. The minimum Gasteiger partial charge on any atom is -0.481 e. The van der Waals surface area contributed by atoms with Crippen LogP contribution in [-0.2, 0) is 17.8 Å². The fraction of sp³-hybridized carbons (Fsp3) is 0.630. The number of Topliss-reactive ketones (excluding diaryl/α,β-unsaturated/α-hetero) is 1. The van der Waals surface area contributed by atoms with Crippen molar-refractivity contribution in [3.8, 4) is 0 Å². The smallest absolute Gasteiger partial charge is 0.303 e. The second-order valence-corrected chi connectivity index (χ2v) is 18.1. The first-order chi connectivity index (χ1) is 24.9.